The summed E-state index contributed by atoms with van der Waals surface area (Å²) in [6.07, 6.45) is 5.16. The van der Waals surface area contributed by atoms with Crippen LogP contribution < -0.4 is 16.0 Å². The summed E-state index contributed by atoms with van der Waals surface area (Å²) in [5.41, 5.74) is 8.26. The van der Waals surface area contributed by atoms with Crippen LogP contribution in [-0.2, 0) is 4.84 Å². The molecule has 0 saturated heterocycles. The maximum Gasteiger partial charge on any atom is 0.284 e. The minimum Gasteiger partial charge on any atom is -0.436 e. The van der Waals surface area contributed by atoms with E-state index in [1.165, 1.54) is 6.20 Å². The molecule has 1 aliphatic rings. The lowest BCUT2D eigenvalue weighted by atomic mass is 9.81. The normalized spacial score (nSPS) is 14.1. The fourth-order valence-corrected chi connectivity index (χ4v) is 3.14. The van der Waals surface area contributed by atoms with E-state index in [9.17, 15) is 9.90 Å². The molecule has 0 radical (unpaired) electrons. The number of ether oxygens (including phenoxy) is 1. The van der Waals surface area contributed by atoms with Crippen LogP contribution in [0, 0.1) is 11.3 Å². The van der Waals surface area contributed by atoms with Gasteiger partial charge >= 0.3 is 0 Å². The Morgan fingerprint density at radius 3 is 2.81 bits per heavy atom. The van der Waals surface area contributed by atoms with Crippen molar-refractivity contribution in [2.45, 2.75) is 24.9 Å². The lowest BCUT2D eigenvalue weighted by Gasteiger charge is -2.35. The number of hydrogen-bond acceptors (Lipinski definition) is 9. The van der Waals surface area contributed by atoms with Crippen molar-refractivity contribution in [2.75, 3.05) is 12.3 Å². The molecule has 1 fully saturated rings. The molecule has 10 heteroatoms. The van der Waals surface area contributed by atoms with E-state index in [4.69, 9.17) is 20.6 Å². The van der Waals surface area contributed by atoms with E-state index in [0.717, 1.165) is 6.42 Å². The summed E-state index contributed by atoms with van der Waals surface area (Å²) in [4.78, 5) is 30.6. The Balaban J connectivity index is 1.66. The largest absolute Gasteiger partial charge is 0.436 e. The predicted molar refractivity (Wildman–Crippen MR) is 113 cm³/mol. The van der Waals surface area contributed by atoms with Gasteiger partial charge in [0.1, 0.15) is 23.7 Å². The van der Waals surface area contributed by atoms with Crippen molar-refractivity contribution in [2.24, 2.45) is 0 Å². The first kappa shape index (κ1) is 21.2. The van der Waals surface area contributed by atoms with Gasteiger partial charge in [-0.2, -0.15) is 10.2 Å². The Labute approximate surface area is 183 Å². The highest BCUT2D eigenvalue weighted by atomic mass is 16.7. The van der Waals surface area contributed by atoms with E-state index >= 15 is 0 Å². The molecule has 1 amide bonds. The van der Waals surface area contributed by atoms with Gasteiger partial charge in [0.2, 0.25) is 5.88 Å². The standard InChI is InChI=1S/C22H20N6O4/c23-11-14-4-1-5-15(10-14)19-26-18(24)17(20(29)28-31-13-22(30)7-3-8-22)21(27-19)32-16-6-2-9-25-12-16/h1-2,4-6,9-10,12,30H,3,7-8,13H2,(H,28,29)(H2,24,26,27). The second kappa shape index (κ2) is 8.97. The first-order valence-corrected chi connectivity index (χ1v) is 9.88. The van der Waals surface area contributed by atoms with Crippen molar-refractivity contribution in [1.29, 1.82) is 5.26 Å². The third-order valence-corrected chi connectivity index (χ3v) is 5.02. The number of aromatic nitrogens is 3. The smallest absolute Gasteiger partial charge is 0.284 e. The van der Waals surface area contributed by atoms with Crippen LogP contribution in [-0.4, -0.2) is 38.2 Å². The summed E-state index contributed by atoms with van der Waals surface area (Å²) >= 11 is 0. The van der Waals surface area contributed by atoms with Crippen molar-refractivity contribution < 1.29 is 19.5 Å². The number of nitrogens with two attached hydrogens (primary N) is 1. The van der Waals surface area contributed by atoms with Crippen LogP contribution in [0.4, 0.5) is 5.82 Å². The molecule has 1 saturated carbocycles. The molecule has 0 atom stereocenters. The molecule has 0 aliphatic heterocycles. The summed E-state index contributed by atoms with van der Waals surface area (Å²) in [6.45, 7) is -0.0443. The highest BCUT2D eigenvalue weighted by Crippen LogP contribution is 2.32. The van der Waals surface area contributed by atoms with Crippen molar-refractivity contribution in [3.05, 3.63) is 59.9 Å². The van der Waals surface area contributed by atoms with Crippen LogP contribution in [0.1, 0.15) is 35.2 Å². The van der Waals surface area contributed by atoms with Gasteiger partial charge in [0, 0.05) is 11.8 Å². The molecule has 1 aromatic carbocycles. The number of anilines is 1. The molecular weight excluding hydrogens is 412 g/mol. The van der Waals surface area contributed by atoms with Crippen LogP contribution in [0.3, 0.4) is 0 Å². The van der Waals surface area contributed by atoms with Crippen LogP contribution >= 0.6 is 0 Å². The zero-order valence-electron chi connectivity index (χ0n) is 17.0. The summed E-state index contributed by atoms with van der Waals surface area (Å²) in [6, 6.07) is 12.0. The van der Waals surface area contributed by atoms with Gasteiger partial charge in [-0.25, -0.2) is 10.5 Å². The third-order valence-electron chi connectivity index (χ3n) is 5.02. The van der Waals surface area contributed by atoms with E-state index in [0.29, 0.717) is 29.7 Å². The van der Waals surface area contributed by atoms with Crippen LogP contribution in [0.5, 0.6) is 11.6 Å². The molecule has 10 nitrogen and oxygen atoms in total. The number of rotatable bonds is 7. The number of benzene rings is 1. The van der Waals surface area contributed by atoms with Crippen LogP contribution in [0.15, 0.2) is 48.8 Å². The van der Waals surface area contributed by atoms with Crippen molar-refractivity contribution >= 4 is 11.7 Å². The summed E-state index contributed by atoms with van der Waals surface area (Å²) in [5.74, 6) is -0.450. The maximum absolute atomic E-state index is 12.8. The number of nitrogens with zero attached hydrogens (tertiary/aromatic N) is 4. The maximum atomic E-state index is 12.8. The average Bonchev–Trinajstić information content (AvgIpc) is 2.78. The number of nitrogens with one attached hydrogen (secondary N) is 1. The van der Waals surface area contributed by atoms with Crippen molar-refractivity contribution in [3.63, 3.8) is 0 Å². The van der Waals surface area contributed by atoms with E-state index in [2.05, 4.69) is 26.5 Å². The first-order valence-electron chi connectivity index (χ1n) is 9.88. The summed E-state index contributed by atoms with van der Waals surface area (Å²) < 4.78 is 5.79. The summed E-state index contributed by atoms with van der Waals surface area (Å²) in [7, 11) is 0. The molecule has 3 aromatic rings. The zero-order chi connectivity index (χ0) is 22.6. The molecule has 2 aromatic heterocycles. The minimum absolute atomic E-state index is 0.0443. The molecule has 32 heavy (non-hydrogen) atoms. The third kappa shape index (κ3) is 4.64. The van der Waals surface area contributed by atoms with Gasteiger partial charge < -0.3 is 15.6 Å². The summed E-state index contributed by atoms with van der Waals surface area (Å²) in [5, 5.41) is 19.3. The molecule has 0 spiro atoms. The fraction of sp³-hybridized carbons (Fsp3) is 0.227. The lowest BCUT2D eigenvalue weighted by molar-refractivity contribution is -0.113. The molecule has 2 heterocycles. The van der Waals surface area contributed by atoms with E-state index in [-0.39, 0.29) is 29.7 Å². The molecule has 1 aliphatic carbocycles. The Morgan fingerprint density at radius 2 is 2.12 bits per heavy atom. The van der Waals surface area contributed by atoms with Gasteiger partial charge in [0.15, 0.2) is 5.82 Å². The number of pyridine rings is 1. The molecule has 162 valence electrons. The number of amides is 1. The Kier molecular flexibility index (Phi) is 5.93. The topological polar surface area (TPSA) is 156 Å². The molecule has 0 bridgehead atoms. The number of hydroxylamine groups is 1. The second-order valence-electron chi connectivity index (χ2n) is 7.39. The molecule has 0 unspecified atom stereocenters. The second-order valence-corrected chi connectivity index (χ2v) is 7.39. The van der Waals surface area contributed by atoms with Crippen LogP contribution in [0.2, 0.25) is 0 Å². The van der Waals surface area contributed by atoms with Gasteiger partial charge in [-0.05, 0) is 43.5 Å². The number of carbonyl (C=O) groups excluding carboxylic acids is 1. The highest BCUT2D eigenvalue weighted by molar-refractivity contribution is 6.00. The number of nitrogen functional groups attached to an aromatic ring is 1. The Morgan fingerprint density at radius 1 is 1.28 bits per heavy atom. The van der Waals surface area contributed by atoms with Crippen molar-refractivity contribution in [3.8, 4) is 29.1 Å². The average molecular weight is 432 g/mol. The highest BCUT2D eigenvalue weighted by Gasteiger charge is 2.35. The number of carbonyl (C=O) groups is 1. The van der Waals surface area contributed by atoms with Crippen LogP contribution in [0.25, 0.3) is 11.4 Å². The van der Waals surface area contributed by atoms with Gasteiger partial charge in [0.05, 0.1) is 23.4 Å². The van der Waals surface area contributed by atoms with E-state index in [1.54, 1.807) is 42.6 Å². The van der Waals surface area contributed by atoms with E-state index < -0.39 is 11.5 Å². The van der Waals surface area contributed by atoms with Gasteiger partial charge in [-0.15, -0.1) is 0 Å². The number of aliphatic hydroxyl groups is 1. The van der Waals surface area contributed by atoms with Crippen molar-refractivity contribution in [1.82, 2.24) is 20.4 Å². The molecular formula is C22H20N6O4. The first-order chi connectivity index (χ1) is 15.5. The van der Waals surface area contributed by atoms with Gasteiger partial charge in [0.25, 0.3) is 5.91 Å². The SMILES string of the molecule is N#Cc1cccc(-c2nc(N)c(C(=O)NOCC3(O)CCC3)c(Oc3cccnc3)n2)c1. The Bertz CT molecular complexity index is 1170. The zero-order valence-corrected chi connectivity index (χ0v) is 17.0. The lowest BCUT2D eigenvalue weighted by Crippen LogP contribution is -2.44. The number of hydrogen-bond donors (Lipinski definition) is 3. The van der Waals surface area contributed by atoms with E-state index in [1.807, 2.05) is 0 Å². The predicted octanol–water partition coefficient (Wildman–Crippen LogP) is 2.36. The molecule has 4 N–H and O–H groups in total. The number of nitriles is 1. The monoisotopic (exact) mass is 432 g/mol. The molecule has 4 rings (SSSR count). The Hall–Kier alpha value is -4.07. The quantitative estimate of drug-likeness (QED) is 0.477. The fourth-order valence-electron chi connectivity index (χ4n) is 3.14. The van der Waals surface area contributed by atoms with Gasteiger partial charge in [-0.3, -0.25) is 14.6 Å². The van der Waals surface area contributed by atoms with Gasteiger partial charge in [-0.1, -0.05) is 12.1 Å². The minimum atomic E-state index is -0.931.